The maximum absolute atomic E-state index is 12.5. The van der Waals surface area contributed by atoms with E-state index in [2.05, 4.69) is 27.8 Å². The number of aromatic amines is 1. The van der Waals surface area contributed by atoms with Gasteiger partial charge in [-0.3, -0.25) is 9.59 Å². The molecule has 156 valence electrons. The topological polar surface area (TPSA) is 113 Å². The molecule has 0 radical (unpaired) electrons. The highest BCUT2D eigenvalue weighted by Crippen LogP contribution is 2.49. The largest absolute Gasteiger partial charge is 0.467 e. The lowest BCUT2D eigenvalue weighted by Crippen LogP contribution is -2.42. The Morgan fingerprint density at radius 3 is 2.73 bits per heavy atom. The number of benzene rings is 1. The van der Waals surface area contributed by atoms with Gasteiger partial charge in [0, 0.05) is 35.4 Å². The van der Waals surface area contributed by atoms with Gasteiger partial charge in [0.05, 0.1) is 18.4 Å². The molecule has 4 rings (SSSR count). The second kappa shape index (κ2) is 7.44. The second-order valence-corrected chi connectivity index (χ2v) is 8.06. The van der Waals surface area contributed by atoms with Crippen molar-refractivity contribution < 1.29 is 19.1 Å². The Morgan fingerprint density at radius 2 is 2.07 bits per heavy atom. The van der Waals surface area contributed by atoms with Crippen LogP contribution in [0, 0.1) is 5.41 Å². The van der Waals surface area contributed by atoms with Gasteiger partial charge >= 0.3 is 5.97 Å². The lowest BCUT2D eigenvalue weighted by atomic mass is 9.94. The van der Waals surface area contributed by atoms with Crippen molar-refractivity contribution in [2.24, 2.45) is 10.5 Å². The van der Waals surface area contributed by atoms with Crippen LogP contribution in [0.15, 0.2) is 34.9 Å². The third-order valence-electron chi connectivity index (χ3n) is 5.75. The molecule has 3 N–H and O–H groups in total. The Balaban J connectivity index is 1.79. The Bertz CT molecular complexity index is 1110. The molecule has 30 heavy (non-hydrogen) atoms. The molecule has 1 aromatic heterocycles. The number of methoxy groups -OCH3 is 1. The third-order valence-corrected chi connectivity index (χ3v) is 5.75. The van der Waals surface area contributed by atoms with E-state index in [1.807, 2.05) is 24.3 Å². The number of esters is 1. The van der Waals surface area contributed by atoms with Crippen molar-refractivity contribution in [1.29, 1.82) is 0 Å². The Kier molecular flexibility index (Phi) is 4.93. The summed E-state index contributed by atoms with van der Waals surface area (Å²) in [5, 5.41) is 7.83. The van der Waals surface area contributed by atoms with Gasteiger partial charge in [0.15, 0.2) is 0 Å². The number of H-pyrrole nitrogens is 1. The van der Waals surface area contributed by atoms with Crippen molar-refractivity contribution in [3.63, 3.8) is 0 Å². The number of hydrazone groups is 1. The predicted molar refractivity (Wildman–Crippen MR) is 113 cm³/mol. The molecule has 2 aliphatic rings. The average Bonchev–Trinajstić information content (AvgIpc) is 3.21. The van der Waals surface area contributed by atoms with E-state index >= 15 is 0 Å². The summed E-state index contributed by atoms with van der Waals surface area (Å²) < 4.78 is 4.87. The number of hydrogen-bond acceptors (Lipinski definition) is 5. The number of hydrogen-bond donors (Lipinski definition) is 3. The number of nitrogens with zero attached hydrogens (tertiary/aromatic N) is 1. The van der Waals surface area contributed by atoms with Gasteiger partial charge in [-0.05, 0) is 30.5 Å². The molecular weight excluding hydrogens is 384 g/mol. The normalized spacial score (nSPS) is 19.4. The molecule has 0 bridgehead atoms. The summed E-state index contributed by atoms with van der Waals surface area (Å²) >= 11 is 0. The van der Waals surface area contributed by atoms with E-state index in [0.717, 1.165) is 35.0 Å². The molecule has 0 saturated heterocycles. The van der Waals surface area contributed by atoms with E-state index in [4.69, 9.17) is 4.74 Å². The molecule has 1 atom stereocenters. The summed E-state index contributed by atoms with van der Waals surface area (Å²) in [5.41, 5.74) is 6.18. The van der Waals surface area contributed by atoms with Crippen LogP contribution in [0.3, 0.4) is 0 Å². The van der Waals surface area contributed by atoms with Gasteiger partial charge in [0.25, 0.3) is 5.91 Å². The van der Waals surface area contributed by atoms with E-state index in [1.165, 1.54) is 14.0 Å². The molecule has 1 aromatic carbocycles. The number of carbonyl (C=O) groups is 3. The fourth-order valence-corrected chi connectivity index (χ4v) is 3.85. The molecule has 2 aromatic rings. The molecule has 2 heterocycles. The number of nitrogens with one attached hydrogen (secondary N) is 3. The van der Waals surface area contributed by atoms with Gasteiger partial charge in [-0.25, -0.2) is 10.2 Å². The Labute approximate surface area is 173 Å². The van der Waals surface area contributed by atoms with Crippen LogP contribution >= 0.6 is 0 Å². The van der Waals surface area contributed by atoms with Crippen LogP contribution in [-0.4, -0.2) is 41.6 Å². The zero-order valence-electron chi connectivity index (χ0n) is 17.2. The van der Waals surface area contributed by atoms with Gasteiger partial charge in [0.1, 0.15) is 6.04 Å². The maximum Gasteiger partial charge on any atom is 0.328 e. The standard InChI is InChI=1S/C22H24N4O4/c1-12(27)23-18(21(29)30-3)10-14-13-6-4-5-7-16(13)24-17(14)11-15-19(22(2)8-9-22)25-26-20(15)28/h4-7,11,18,24H,8-10H2,1-3H3,(H,23,27)(H,26,28). The van der Waals surface area contributed by atoms with Crippen molar-refractivity contribution >= 4 is 40.5 Å². The van der Waals surface area contributed by atoms with E-state index in [1.54, 1.807) is 6.08 Å². The van der Waals surface area contributed by atoms with Crippen molar-refractivity contribution in [3.05, 3.63) is 41.1 Å². The van der Waals surface area contributed by atoms with Crippen molar-refractivity contribution in [1.82, 2.24) is 15.7 Å². The summed E-state index contributed by atoms with van der Waals surface area (Å²) in [5.74, 6) is -1.09. The number of carbonyl (C=O) groups excluding carboxylic acids is 3. The van der Waals surface area contributed by atoms with Crippen molar-refractivity contribution in [3.8, 4) is 0 Å². The van der Waals surface area contributed by atoms with Gasteiger partial charge in [-0.1, -0.05) is 25.1 Å². The first-order valence-corrected chi connectivity index (χ1v) is 9.87. The van der Waals surface area contributed by atoms with E-state index < -0.39 is 12.0 Å². The van der Waals surface area contributed by atoms with E-state index in [9.17, 15) is 14.4 Å². The third kappa shape index (κ3) is 3.60. The van der Waals surface area contributed by atoms with E-state index in [-0.39, 0.29) is 23.7 Å². The van der Waals surface area contributed by atoms with Crippen LogP contribution in [0.5, 0.6) is 0 Å². The minimum Gasteiger partial charge on any atom is -0.467 e. The van der Waals surface area contributed by atoms with Crippen LogP contribution < -0.4 is 10.7 Å². The highest BCUT2D eigenvalue weighted by atomic mass is 16.5. The van der Waals surface area contributed by atoms with Crippen LogP contribution in [0.25, 0.3) is 17.0 Å². The van der Waals surface area contributed by atoms with Gasteiger partial charge in [-0.15, -0.1) is 0 Å². The smallest absolute Gasteiger partial charge is 0.328 e. The fraction of sp³-hybridized carbons (Fsp3) is 0.364. The molecule has 1 unspecified atom stereocenters. The average molecular weight is 408 g/mol. The van der Waals surface area contributed by atoms with Gasteiger partial charge in [-0.2, -0.15) is 5.10 Å². The number of fused-ring (bicyclic) bond motifs is 1. The van der Waals surface area contributed by atoms with Gasteiger partial charge < -0.3 is 15.0 Å². The lowest BCUT2D eigenvalue weighted by Gasteiger charge is -2.16. The van der Waals surface area contributed by atoms with Crippen LogP contribution in [0.1, 0.15) is 37.9 Å². The van der Waals surface area contributed by atoms with Crippen molar-refractivity contribution in [2.45, 2.75) is 39.2 Å². The quantitative estimate of drug-likeness (QED) is 0.502. The fourth-order valence-electron chi connectivity index (χ4n) is 3.85. The van der Waals surface area contributed by atoms with Crippen LogP contribution in [0.4, 0.5) is 0 Å². The first kappa shape index (κ1) is 19.9. The Morgan fingerprint density at radius 1 is 1.33 bits per heavy atom. The predicted octanol–water partition coefficient (Wildman–Crippen LogP) is 2.06. The minimum atomic E-state index is -0.838. The number of amides is 2. The minimum absolute atomic E-state index is 0.0814. The molecule has 0 spiro atoms. The highest BCUT2D eigenvalue weighted by molar-refractivity contribution is 6.29. The second-order valence-electron chi connectivity index (χ2n) is 8.06. The van der Waals surface area contributed by atoms with E-state index in [0.29, 0.717) is 11.3 Å². The Hall–Kier alpha value is -3.42. The lowest BCUT2D eigenvalue weighted by molar-refractivity contribution is -0.144. The molecule has 1 aliphatic heterocycles. The molecular formula is C22H24N4O4. The molecule has 1 aliphatic carbocycles. The van der Waals surface area contributed by atoms with Crippen LogP contribution in [0.2, 0.25) is 0 Å². The molecule has 1 fully saturated rings. The molecule has 1 saturated carbocycles. The van der Waals surface area contributed by atoms with Crippen molar-refractivity contribution in [2.75, 3.05) is 7.11 Å². The maximum atomic E-state index is 12.5. The molecule has 8 heteroatoms. The zero-order chi connectivity index (χ0) is 21.5. The zero-order valence-corrected chi connectivity index (χ0v) is 17.2. The summed E-state index contributed by atoms with van der Waals surface area (Å²) in [7, 11) is 1.29. The first-order chi connectivity index (χ1) is 14.3. The molecule has 2 amide bonds. The highest BCUT2D eigenvalue weighted by Gasteiger charge is 2.47. The van der Waals surface area contributed by atoms with Crippen LogP contribution in [-0.2, 0) is 25.5 Å². The number of rotatable bonds is 6. The molecule has 8 nitrogen and oxygen atoms in total. The number of ether oxygens (including phenoxy) is 1. The summed E-state index contributed by atoms with van der Waals surface area (Å²) in [6.07, 6.45) is 4.00. The summed E-state index contributed by atoms with van der Waals surface area (Å²) in [6.45, 7) is 3.45. The SMILES string of the molecule is COC(=O)C(Cc1c(C=C2C(=O)NN=C2C2(C)CC2)[nH]c2ccccc12)NC(C)=O. The monoisotopic (exact) mass is 408 g/mol. The summed E-state index contributed by atoms with van der Waals surface area (Å²) in [6, 6.07) is 6.85. The number of para-hydroxylation sites is 1. The van der Waals surface area contributed by atoms with Gasteiger partial charge in [0.2, 0.25) is 5.91 Å². The number of aromatic nitrogens is 1. The first-order valence-electron chi connectivity index (χ1n) is 9.87. The summed E-state index contributed by atoms with van der Waals surface area (Å²) in [4.78, 5) is 39.7.